The predicted molar refractivity (Wildman–Crippen MR) is 79.8 cm³/mol. The molecule has 2 aliphatic heterocycles. The van der Waals surface area contributed by atoms with Gasteiger partial charge in [0.2, 0.25) is 11.8 Å². The fourth-order valence-corrected chi connectivity index (χ4v) is 3.85. The quantitative estimate of drug-likeness (QED) is 0.857. The standard InChI is InChI=1S/C16H25N3O2/c1-11-12(2)21-16(17-11)10-18-8-4-6-14(18)15-7-5-9-19(15)13(3)20/h14-15H,4-10H2,1-3H3/t14-,15+/m0/s1. The zero-order valence-corrected chi connectivity index (χ0v) is 13.3. The van der Waals surface area contributed by atoms with E-state index in [0.717, 1.165) is 49.8 Å². The van der Waals surface area contributed by atoms with E-state index in [1.165, 1.54) is 12.8 Å². The molecule has 5 heteroatoms. The normalized spacial score (nSPS) is 26.7. The van der Waals surface area contributed by atoms with Crippen molar-refractivity contribution in [2.45, 2.75) is 65.1 Å². The molecule has 2 atom stereocenters. The van der Waals surface area contributed by atoms with Gasteiger partial charge in [-0.3, -0.25) is 9.69 Å². The Morgan fingerprint density at radius 3 is 2.62 bits per heavy atom. The molecule has 1 aromatic heterocycles. The second-order valence-electron chi connectivity index (χ2n) is 6.35. The molecule has 0 unspecified atom stereocenters. The number of amides is 1. The number of hydrogen-bond acceptors (Lipinski definition) is 4. The molecule has 3 rings (SSSR count). The van der Waals surface area contributed by atoms with Crippen molar-refractivity contribution in [3.8, 4) is 0 Å². The van der Waals surface area contributed by atoms with Crippen LogP contribution in [0.2, 0.25) is 0 Å². The summed E-state index contributed by atoms with van der Waals surface area (Å²) in [6.07, 6.45) is 4.63. The molecule has 2 aliphatic rings. The highest BCUT2D eigenvalue weighted by Crippen LogP contribution is 2.31. The fourth-order valence-electron chi connectivity index (χ4n) is 3.85. The number of aryl methyl sites for hydroxylation is 2. The van der Waals surface area contributed by atoms with Crippen LogP contribution in [0, 0.1) is 13.8 Å². The first-order valence-electron chi connectivity index (χ1n) is 8.00. The number of likely N-dealkylation sites (tertiary alicyclic amines) is 2. The number of nitrogens with zero attached hydrogens (tertiary/aromatic N) is 3. The van der Waals surface area contributed by atoms with E-state index in [9.17, 15) is 4.79 Å². The Morgan fingerprint density at radius 2 is 1.95 bits per heavy atom. The average Bonchev–Trinajstić information content (AvgIpc) is 3.10. The number of oxazole rings is 1. The van der Waals surface area contributed by atoms with Crippen molar-refractivity contribution < 1.29 is 9.21 Å². The van der Waals surface area contributed by atoms with Crippen molar-refractivity contribution in [2.75, 3.05) is 13.1 Å². The van der Waals surface area contributed by atoms with E-state index in [1.54, 1.807) is 6.92 Å². The number of carbonyl (C=O) groups excluding carboxylic acids is 1. The maximum atomic E-state index is 11.8. The van der Waals surface area contributed by atoms with Gasteiger partial charge in [0.1, 0.15) is 5.76 Å². The first kappa shape index (κ1) is 14.6. The second kappa shape index (κ2) is 5.79. The van der Waals surface area contributed by atoms with E-state index in [4.69, 9.17) is 4.42 Å². The Hall–Kier alpha value is -1.36. The van der Waals surface area contributed by atoms with Crippen LogP contribution in [-0.2, 0) is 11.3 Å². The van der Waals surface area contributed by atoms with E-state index in [-0.39, 0.29) is 5.91 Å². The van der Waals surface area contributed by atoms with Gasteiger partial charge in [-0.25, -0.2) is 4.98 Å². The average molecular weight is 291 g/mol. The highest BCUT2D eigenvalue weighted by atomic mass is 16.4. The molecule has 1 amide bonds. The molecule has 0 spiro atoms. The molecule has 116 valence electrons. The molecule has 0 bridgehead atoms. The summed E-state index contributed by atoms with van der Waals surface area (Å²) < 4.78 is 5.73. The van der Waals surface area contributed by atoms with Crippen LogP contribution in [0.15, 0.2) is 4.42 Å². The SMILES string of the molecule is CC(=O)N1CCC[C@@H]1[C@@H]1CCCN1Cc1nc(C)c(C)o1. The molecular formula is C16H25N3O2. The Morgan fingerprint density at radius 1 is 1.24 bits per heavy atom. The van der Waals surface area contributed by atoms with Crippen LogP contribution in [0.25, 0.3) is 0 Å². The van der Waals surface area contributed by atoms with E-state index in [0.29, 0.717) is 12.1 Å². The third kappa shape index (κ3) is 2.84. The van der Waals surface area contributed by atoms with E-state index < -0.39 is 0 Å². The van der Waals surface area contributed by atoms with Gasteiger partial charge >= 0.3 is 0 Å². The zero-order valence-electron chi connectivity index (χ0n) is 13.3. The molecule has 2 fully saturated rings. The third-order valence-corrected chi connectivity index (χ3v) is 4.97. The Bertz CT molecular complexity index is 506. The summed E-state index contributed by atoms with van der Waals surface area (Å²) in [7, 11) is 0. The van der Waals surface area contributed by atoms with Gasteiger partial charge in [-0.2, -0.15) is 0 Å². The van der Waals surface area contributed by atoms with Crippen LogP contribution < -0.4 is 0 Å². The van der Waals surface area contributed by atoms with Gasteiger partial charge in [0.05, 0.1) is 12.2 Å². The number of carbonyl (C=O) groups is 1. The number of rotatable bonds is 3. The topological polar surface area (TPSA) is 49.6 Å². The number of hydrogen-bond donors (Lipinski definition) is 0. The predicted octanol–water partition coefficient (Wildman–Crippen LogP) is 2.27. The molecular weight excluding hydrogens is 266 g/mol. The van der Waals surface area contributed by atoms with Crippen LogP contribution in [0.1, 0.15) is 50.0 Å². The zero-order chi connectivity index (χ0) is 15.0. The highest BCUT2D eigenvalue weighted by molar-refractivity contribution is 5.74. The Labute approximate surface area is 126 Å². The minimum Gasteiger partial charge on any atom is -0.444 e. The molecule has 5 nitrogen and oxygen atoms in total. The summed E-state index contributed by atoms with van der Waals surface area (Å²) in [6.45, 7) is 8.40. The lowest BCUT2D eigenvalue weighted by molar-refractivity contribution is -0.130. The smallest absolute Gasteiger partial charge is 0.219 e. The molecule has 0 aromatic carbocycles. The molecule has 21 heavy (non-hydrogen) atoms. The molecule has 0 N–H and O–H groups in total. The van der Waals surface area contributed by atoms with Crippen molar-refractivity contribution in [1.29, 1.82) is 0 Å². The third-order valence-electron chi connectivity index (χ3n) is 4.97. The summed E-state index contributed by atoms with van der Waals surface area (Å²) in [5.41, 5.74) is 0.979. The van der Waals surface area contributed by atoms with Gasteiger partial charge in [0.15, 0.2) is 0 Å². The molecule has 2 saturated heterocycles. The van der Waals surface area contributed by atoms with Crippen LogP contribution >= 0.6 is 0 Å². The van der Waals surface area contributed by atoms with Crippen LogP contribution in [-0.4, -0.2) is 45.9 Å². The maximum absolute atomic E-state index is 11.8. The fraction of sp³-hybridized carbons (Fsp3) is 0.750. The Balaban J connectivity index is 1.71. The van der Waals surface area contributed by atoms with E-state index >= 15 is 0 Å². The monoisotopic (exact) mass is 291 g/mol. The largest absolute Gasteiger partial charge is 0.444 e. The number of aromatic nitrogens is 1. The Kier molecular flexibility index (Phi) is 4.02. The summed E-state index contributed by atoms with van der Waals surface area (Å²) in [5.74, 6) is 1.93. The van der Waals surface area contributed by atoms with E-state index in [2.05, 4.69) is 14.8 Å². The first-order chi connectivity index (χ1) is 10.1. The van der Waals surface area contributed by atoms with Gasteiger partial charge in [-0.05, 0) is 46.1 Å². The minimum absolute atomic E-state index is 0.215. The van der Waals surface area contributed by atoms with Gasteiger partial charge in [0.25, 0.3) is 0 Å². The second-order valence-corrected chi connectivity index (χ2v) is 6.35. The van der Waals surface area contributed by atoms with Crippen LogP contribution in [0.4, 0.5) is 0 Å². The van der Waals surface area contributed by atoms with Gasteiger partial charge in [-0.1, -0.05) is 0 Å². The van der Waals surface area contributed by atoms with Crippen LogP contribution in [0.5, 0.6) is 0 Å². The molecule has 0 aliphatic carbocycles. The van der Waals surface area contributed by atoms with Crippen molar-refractivity contribution >= 4 is 5.91 Å². The van der Waals surface area contributed by atoms with Crippen molar-refractivity contribution in [2.24, 2.45) is 0 Å². The molecule has 3 heterocycles. The summed E-state index contributed by atoms with van der Waals surface area (Å²) in [4.78, 5) is 20.8. The van der Waals surface area contributed by atoms with Crippen molar-refractivity contribution in [3.05, 3.63) is 17.3 Å². The first-order valence-corrected chi connectivity index (χ1v) is 8.00. The van der Waals surface area contributed by atoms with Gasteiger partial charge in [0, 0.05) is 25.6 Å². The van der Waals surface area contributed by atoms with Crippen molar-refractivity contribution in [1.82, 2.24) is 14.8 Å². The lowest BCUT2D eigenvalue weighted by atomic mass is 10.0. The summed E-state index contributed by atoms with van der Waals surface area (Å²) in [5, 5.41) is 0. The highest BCUT2D eigenvalue weighted by Gasteiger charge is 2.39. The lowest BCUT2D eigenvalue weighted by Gasteiger charge is -2.34. The van der Waals surface area contributed by atoms with Crippen LogP contribution in [0.3, 0.4) is 0 Å². The molecule has 0 saturated carbocycles. The van der Waals surface area contributed by atoms with Crippen molar-refractivity contribution in [3.63, 3.8) is 0 Å². The van der Waals surface area contributed by atoms with E-state index in [1.807, 2.05) is 13.8 Å². The summed E-state index contributed by atoms with van der Waals surface area (Å²) in [6, 6.07) is 0.839. The van der Waals surface area contributed by atoms with Gasteiger partial charge < -0.3 is 9.32 Å². The maximum Gasteiger partial charge on any atom is 0.219 e. The molecule has 1 aromatic rings. The van der Waals surface area contributed by atoms with Gasteiger partial charge in [-0.15, -0.1) is 0 Å². The lowest BCUT2D eigenvalue weighted by Crippen LogP contribution is -2.47. The minimum atomic E-state index is 0.215. The molecule has 0 radical (unpaired) electrons. The summed E-state index contributed by atoms with van der Waals surface area (Å²) >= 11 is 0.